The zero-order valence-electron chi connectivity index (χ0n) is 10.3. The largest absolute Gasteiger partial charge is 0.443 e. The van der Waals surface area contributed by atoms with E-state index < -0.39 is 0 Å². The van der Waals surface area contributed by atoms with Gasteiger partial charge in [-0.25, -0.2) is 4.98 Å². The molecular weight excluding hydrogens is 230 g/mol. The summed E-state index contributed by atoms with van der Waals surface area (Å²) in [4.78, 5) is 15.7. The Morgan fingerprint density at radius 1 is 1.56 bits per heavy atom. The van der Waals surface area contributed by atoms with E-state index in [0.717, 1.165) is 11.1 Å². The van der Waals surface area contributed by atoms with Gasteiger partial charge in [0.15, 0.2) is 12.0 Å². The van der Waals surface area contributed by atoms with Crippen molar-refractivity contribution >= 4 is 17.0 Å². The molecule has 0 saturated heterocycles. The standard InChI is InChI=1S/C13H17N3O2/c1-9(6-14)7-15-13(17)5-10-2-3-11-12(4-10)18-8-16-11/h2-4,8-9H,5-7,14H2,1H3,(H,15,17). The number of rotatable bonds is 5. The second kappa shape index (κ2) is 5.64. The molecule has 1 amide bonds. The zero-order valence-corrected chi connectivity index (χ0v) is 10.3. The summed E-state index contributed by atoms with van der Waals surface area (Å²) in [5.74, 6) is 0.292. The molecule has 0 aliphatic carbocycles. The van der Waals surface area contributed by atoms with Crippen molar-refractivity contribution < 1.29 is 9.21 Å². The van der Waals surface area contributed by atoms with Crippen LogP contribution < -0.4 is 11.1 Å². The molecule has 2 aromatic rings. The van der Waals surface area contributed by atoms with E-state index in [-0.39, 0.29) is 5.91 Å². The Kier molecular flexibility index (Phi) is 3.94. The van der Waals surface area contributed by atoms with Crippen LogP contribution in [0.2, 0.25) is 0 Å². The average Bonchev–Trinajstić information content (AvgIpc) is 2.83. The molecule has 18 heavy (non-hydrogen) atoms. The first-order valence-electron chi connectivity index (χ1n) is 5.98. The van der Waals surface area contributed by atoms with Gasteiger partial charge in [-0.1, -0.05) is 13.0 Å². The van der Waals surface area contributed by atoms with Crippen molar-refractivity contribution in [3.8, 4) is 0 Å². The highest BCUT2D eigenvalue weighted by Crippen LogP contribution is 2.14. The molecule has 1 heterocycles. The lowest BCUT2D eigenvalue weighted by molar-refractivity contribution is -0.120. The Balaban J connectivity index is 1.94. The molecule has 0 spiro atoms. The monoisotopic (exact) mass is 247 g/mol. The Labute approximate surface area is 105 Å². The molecular formula is C13H17N3O2. The molecule has 0 saturated carbocycles. The van der Waals surface area contributed by atoms with Gasteiger partial charge in [-0.2, -0.15) is 0 Å². The van der Waals surface area contributed by atoms with Crippen molar-refractivity contribution in [3.05, 3.63) is 30.2 Å². The van der Waals surface area contributed by atoms with E-state index in [4.69, 9.17) is 10.2 Å². The van der Waals surface area contributed by atoms with Crippen LogP contribution in [0.1, 0.15) is 12.5 Å². The fraction of sp³-hybridized carbons (Fsp3) is 0.385. The van der Waals surface area contributed by atoms with Crippen LogP contribution in [-0.2, 0) is 11.2 Å². The summed E-state index contributed by atoms with van der Waals surface area (Å²) in [6.07, 6.45) is 1.74. The highest BCUT2D eigenvalue weighted by Gasteiger charge is 2.07. The first-order chi connectivity index (χ1) is 8.69. The van der Waals surface area contributed by atoms with Crippen LogP contribution in [0.25, 0.3) is 11.1 Å². The second-order valence-electron chi connectivity index (χ2n) is 4.48. The van der Waals surface area contributed by atoms with Gasteiger partial charge in [0, 0.05) is 6.54 Å². The summed E-state index contributed by atoms with van der Waals surface area (Å²) < 4.78 is 5.20. The van der Waals surface area contributed by atoms with E-state index in [0.29, 0.717) is 31.0 Å². The number of hydrogen-bond donors (Lipinski definition) is 2. The number of fused-ring (bicyclic) bond motifs is 1. The van der Waals surface area contributed by atoms with Gasteiger partial charge in [0.05, 0.1) is 6.42 Å². The lowest BCUT2D eigenvalue weighted by Crippen LogP contribution is -2.32. The number of aromatic nitrogens is 1. The van der Waals surface area contributed by atoms with Gasteiger partial charge in [0.25, 0.3) is 0 Å². The fourth-order valence-electron chi connectivity index (χ4n) is 1.63. The van der Waals surface area contributed by atoms with E-state index >= 15 is 0 Å². The van der Waals surface area contributed by atoms with E-state index in [2.05, 4.69) is 10.3 Å². The first kappa shape index (κ1) is 12.6. The number of oxazole rings is 1. The van der Waals surface area contributed by atoms with Gasteiger partial charge >= 0.3 is 0 Å². The van der Waals surface area contributed by atoms with Crippen molar-refractivity contribution in [3.63, 3.8) is 0 Å². The maximum atomic E-state index is 11.7. The normalized spacial score (nSPS) is 12.6. The van der Waals surface area contributed by atoms with Gasteiger partial charge in [-0.05, 0) is 30.2 Å². The number of carbonyl (C=O) groups excluding carboxylic acids is 1. The Bertz CT molecular complexity index is 536. The molecule has 3 N–H and O–H groups in total. The molecule has 1 aromatic carbocycles. The predicted octanol–water partition coefficient (Wildman–Crippen LogP) is 1.08. The minimum Gasteiger partial charge on any atom is -0.443 e. The zero-order chi connectivity index (χ0) is 13.0. The quantitative estimate of drug-likeness (QED) is 0.828. The maximum absolute atomic E-state index is 11.7. The van der Waals surface area contributed by atoms with E-state index in [1.807, 2.05) is 25.1 Å². The van der Waals surface area contributed by atoms with Crippen LogP contribution in [0.5, 0.6) is 0 Å². The Morgan fingerprint density at radius 2 is 2.39 bits per heavy atom. The summed E-state index contributed by atoms with van der Waals surface area (Å²) in [7, 11) is 0. The van der Waals surface area contributed by atoms with Gasteiger partial charge in [0.2, 0.25) is 5.91 Å². The van der Waals surface area contributed by atoms with Crippen molar-refractivity contribution in [1.29, 1.82) is 0 Å². The van der Waals surface area contributed by atoms with Crippen LogP contribution in [-0.4, -0.2) is 24.0 Å². The van der Waals surface area contributed by atoms with Crippen molar-refractivity contribution in [2.75, 3.05) is 13.1 Å². The third-order valence-electron chi connectivity index (χ3n) is 2.81. The second-order valence-corrected chi connectivity index (χ2v) is 4.48. The molecule has 0 radical (unpaired) electrons. The van der Waals surface area contributed by atoms with E-state index in [1.54, 1.807) is 0 Å². The lowest BCUT2D eigenvalue weighted by Gasteiger charge is -2.09. The molecule has 5 heteroatoms. The van der Waals surface area contributed by atoms with Crippen molar-refractivity contribution in [2.45, 2.75) is 13.3 Å². The number of hydrogen-bond acceptors (Lipinski definition) is 4. The summed E-state index contributed by atoms with van der Waals surface area (Å²) in [5.41, 5.74) is 7.91. The fourth-order valence-corrected chi connectivity index (χ4v) is 1.63. The summed E-state index contributed by atoms with van der Waals surface area (Å²) in [6, 6.07) is 5.58. The molecule has 0 aliphatic rings. The third kappa shape index (κ3) is 3.07. The minimum absolute atomic E-state index is 0.00540. The van der Waals surface area contributed by atoms with Gasteiger partial charge < -0.3 is 15.5 Å². The smallest absolute Gasteiger partial charge is 0.224 e. The first-order valence-corrected chi connectivity index (χ1v) is 5.98. The number of nitrogens with zero attached hydrogens (tertiary/aromatic N) is 1. The van der Waals surface area contributed by atoms with Gasteiger partial charge in [-0.15, -0.1) is 0 Å². The molecule has 1 atom stereocenters. The van der Waals surface area contributed by atoms with Crippen LogP contribution in [0, 0.1) is 5.92 Å². The molecule has 2 rings (SSSR count). The highest BCUT2D eigenvalue weighted by molar-refractivity contribution is 5.80. The number of nitrogens with two attached hydrogens (primary N) is 1. The summed E-state index contributed by atoms with van der Waals surface area (Å²) >= 11 is 0. The van der Waals surface area contributed by atoms with Gasteiger partial charge in [-0.3, -0.25) is 4.79 Å². The summed E-state index contributed by atoms with van der Waals surface area (Å²) in [6.45, 7) is 3.19. The lowest BCUT2D eigenvalue weighted by atomic mass is 10.1. The molecule has 0 fully saturated rings. The van der Waals surface area contributed by atoms with Crippen molar-refractivity contribution in [1.82, 2.24) is 10.3 Å². The van der Waals surface area contributed by atoms with Crippen LogP contribution >= 0.6 is 0 Å². The number of benzene rings is 1. The van der Waals surface area contributed by atoms with Gasteiger partial charge in [0.1, 0.15) is 5.52 Å². The molecule has 1 unspecified atom stereocenters. The molecule has 1 aromatic heterocycles. The van der Waals surface area contributed by atoms with E-state index in [1.165, 1.54) is 6.39 Å². The summed E-state index contributed by atoms with van der Waals surface area (Å²) in [5, 5.41) is 2.86. The number of carbonyl (C=O) groups is 1. The van der Waals surface area contributed by atoms with Crippen LogP contribution in [0.3, 0.4) is 0 Å². The minimum atomic E-state index is -0.00540. The Hall–Kier alpha value is -1.88. The maximum Gasteiger partial charge on any atom is 0.224 e. The van der Waals surface area contributed by atoms with Crippen LogP contribution in [0.4, 0.5) is 0 Å². The number of amides is 1. The molecule has 0 bridgehead atoms. The molecule has 96 valence electrons. The molecule has 5 nitrogen and oxygen atoms in total. The Morgan fingerprint density at radius 3 is 3.17 bits per heavy atom. The SMILES string of the molecule is CC(CN)CNC(=O)Cc1ccc2ncoc2c1. The number of nitrogens with one attached hydrogen (secondary N) is 1. The molecule has 0 aliphatic heterocycles. The van der Waals surface area contributed by atoms with Crippen molar-refractivity contribution in [2.24, 2.45) is 11.7 Å². The average molecular weight is 247 g/mol. The predicted molar refractivity (Wildman–Crippen MR) is 68.9 cm³/mol. The van der Waals surface area contributed by atoms with E-state index in [9.17, 15) is 4.79 Å². The third-order valence-corrected chi connectivity index (χ3v) is 2.81. The highest BCUT2D eigenvalue weighted by atomic mass is 16.3. The van der Waals surface area contributed by atoms with Crippen LogP contribution in [0.15, 0.2) is 29.0 Å². The topological polar surface area (TPSA) is 81.1 Å².